The van der Waals surface area contributed by atoms with Crippen molar-refractivity contribution in [2.24, 2.45) is 0 Å². The van der Waals surface area contributed by atoms with Crippen molar-refractivity contribution in [3.8, 4) is 0 Å². The summed E-state index contributed by atoms with van der Waals surface area (Å²) in [5.74, 6) is 0. The Morgan fingerprint density at radius 3 is 2.75 bits per heavy atom. The quantitative estimate of drug-likeness (QED) is 0.850. The number of aromatic nitrogens is 1. The van der Waals surface area contributed by atoms with Crippen LogP contribution in [0.5, 0.6) is 0 Å². The van der Waals surface area contributed by atoms with E-state index in [2.05, 4.69) is 10.3 Å². The molecular formula is C17H19N3O3S. The van der Waals surface area contributed by atoms with Crippen molar-refractivity contribution in [1.29, 1.82) is 0 Å². The van der Waals surface area contributed by atoms with E-state index in [1.807, 2.05) is 24.0 Å². The molecule has 1 N–H and O–H groups in total. The van der Waals surface area contributed by atoms with Gasteiger partial charge in [-0.05, 0) is 31.2 Å². The van der Waals surface area contributed by atoms with E-state index in [1.165, 1.54) is 0 Å². The van der Waals surface area contributed by atoms with Gasteiger partial charge in [0.05, 0.1) is 16.8 Å². The monoisotopic (exact) mass is 345 g/mol. The summed E-state index contributed by atoms with van der Waals surface area (Å²) in [5, 5.41) is 3.33. The van der Waals surface area contributed by atoms with E-state index in [4.69, 9.17) is 4.18 Å². The minimum absolute atomic E-state index is 0.184. The van der Waals surface area contributed by atoms with Gasteiger partial charge >= 0.3 is 0 Å². The van der Waals surface area contributed by atoms with Crippen molar-refractivity contribution in [3.63, 3.8) is 0 Å². The van der Waals surface area contributed by atoms with E-state index < -0.39 is 15.8 Å². The molecule has 0 radical (unpaired) electrons. The van der Waals surface area contributed by atoms with E-state index in [0.29, 0.717) is 19.5 Å². The Morgan fingerprint density at radius 1 is 1.29 bits per heavy atom. The molecule has 2 aromatic rings. The fourth-order valence-corrected chi connectivity index (χ4v) is 4.67. The van der Waals surface area contributed by atoms with Crippen molar-refractivity contribution < 1.29 is 12.6 Å². The zero-order valence-electron chi connectivity index (χ0n) is 13.3. The number of aryl methyl sites for hydroxylation is 1. The van der Waals surface area contributed by atoms with Crippen molar-refractivity contribution >= 4 is 15.8 Å². The molecule has 2 saturated heterocycles. The molecule has 3 heterocycles. The summed E-state index contributed by atoms with van der Waals surface area (Å²) >= 11 is 0. The number of hydrogen-bond acceptors (Lipinski definition) is 6. The van der Waals surface area contributed by atoms with Crippen molar-refractivity contribution in [1.82, 2.24) is 10.3 Å². The zero-order valence-corrected chi connectivity index (χ0v) is 14.2. The molecular weight excluding hydrogens is 326 g/mol. The van der Waals surface area contributed by atoms with Gasteiger partial charge in [0.2, 0.25) is 0 Å². The summed E-state index contributed by atoms with van der Waals surface area (Å²) < 4.78 is 31.3. The van der Waals surface area contributed by atoms with Gasteiger partial charge in [-0.15, -0.1) is 0 Å². The average Bonchev–Trinajstić information content (AvgIpc) is 3.13. The van der Waals surface area contributed by atoms with Gasteiger partial charge in [0, 0.05) is 31.7 Å². The number of pyridine rings is 1. The van der Waals surface area contributed by atoms with Crippen LogP contribution >= 0.6 is 0 Å². The predicted molar refractivity (Wildman–Crippen MR) is 90.2 cm³/mol. The van der Waals surface area contributed by atoms with Crippen LogP contribution in [0, 0.1) is 6.92 Å². The number of fused-ring (bicyclic) bond motifs is 2. The Morgan fingerprint density at radius 2 is 2.08 bits per heavy atom. The normalized spacial score (nSPS) is 26.0. The summed E-state index contributed by atoms with van der Waals surface area (Å²) in [6.07, 6.45) is 4.07. The molecule has 0 spiro atoms. The van der Waals surface area contributed by atoms with E-state index in [-0.39, 0.29) is 10.9 Å². The zero-order chi connectivity index (χ0) is 16.8. The van der Waals surface area contributed by atoms with Crippen LogP contribution in [-0.2, 0) is 14.3 Å². The number of rotatable bonds is 4. The third-order valence-electron chi connectivity index (χ3n) is 4.66. The lowest BCUT2D eigenvalue weighted by molar-refractivity contribution is 0.105. The predicted octanol–water partition coefficient (Wildman–Crippen LogP) is 1.67. The van der Waals surface area contributed by atoms with Crippen molar-refractivity contribution in [3.05, 3.63) is 54.4 Å². The Bertz CT molecular complexity index is 839. The molecule has 1 aromatic carbocycles. The number of hydrogen-bond donors (Lipinski definition) is 1. The number of nitrogens with one attached hydrogen (secondary N) is 1. The molecule has 0 aliphatic carbocycles. The first-order chi connectivity index (χ1) is 11.5. The number of benzene rings is 1. The highest BCUT2D eigenvalue weighted by atomic mass is 32.2. The van der Waals surface area contributed by atoms with Crippen LogP contribution in [-0.4, -0.2) is 38.3 Å². The topological polar surface area (TPSA) is 71.5 Å². The van der Waals surface area contributed by atoms with E-state index in [1.54, 1.807) is 36.7 Å². The molecule has 0 saturated carbocycles. The van der Waals surface area contributed by atoms with Gasteiger partial charge in [-0.2, -0.15) is 8.42 Å². The maximum Gasteiger partial charge on any atom is 0.299 e. The molecule has 4 rings (SSSR count). The average molecular weight is 345 g/mol. The summed E-state index contributed by atoms with van der Waals surface area (Å²) in [6.45, 7) is 3.09. The van der Waals surface area contributed by atoms with Crippen LogP contribution < -0.4 is 10.2 Å². The second kappa shape index (κ2) is 5.54. The summed E-state index contributed by atoms with van der Waals surface area (Å²) in [7, 11) is -3.85. The maximum atomic E-state index is 12.8. The number of nitrogens with zero attached hydrogens (tertiary/aromatic N) is 2. The molecule has 7 heteroatoms. The first kappa shape index (κ1) is 15.6. The highest BCUT2D eigenvalue weighted by Gasteiger charge is 2.54. The minimum Gasteiger partial charge on any atom is -0.339 e. The molecule has 0 unspecified atom stereocenters. The van der Waals surface area contributed by atoms with Crippen molar-refractivity contribution in [2.45, 2.75) is 30.0 Å². The molecule has 2 aliphatic rings. The lowest BCUT2D eigenvalue weighted by atomic mass is 10.2. The lowest BCUT2D eigenvalue weighted by Gasteiger charge is -2.39. The smallest absolute Gasteiger partial charge is 0.299 e. The van der Waals surface area contributed by atoms with Crippen LogP contribution in [0.3, 0.4) is 0 Å². The van der Waals surface area contributed by atoms with E-state index >= 15 is 0 Å². The van der Waals surface area contributed by atoms with E-state index in [0.717, 1.165) is 11.3 Å². The number of anilines is 1. The van der Waals surface area contributed by atoms with Gasteiger partial charge in [-0.3, -0.25) is 4.98 Å². The molecule has 0 amide bonds. The number of piperazine rings is 1. The minimum atomic E-state index is -3.85. The van der Waals surface area contributed by atoms with Crippen molar-refractivity contribution in [2.75, 3.05) is 18.0 Å². The van der Waals surface area contributed by atoms with E-state index in [9.17, 15) is 8.42 Å². The van der Waals surface area contributed by atoms with Crippen LogP contribution in [0.25, 0.3) is 0 Å². The van der Waals surface area contributed by atoms with Crippen LogP contribution in [0.4, 0.5) is 5.69 Å². The maximum absolute atomic E-state index is 12.8. The van der Waals surface area contributed by atoms with Gasteiger partial charge in [0.25, 0.3) is 10.1 Å². The third kappa shape index (κ3) is 2.58. The Balaban J connectivity index is 1.67. The van der Waals surface area contributed by atoms with Crippen LogP contribution in [0.15, 0.2) is 53.7 Å². The molecule has 24 heavy (non-hydrogen) atoms. The van der Waals surface area contributed by atoms with Gasteiger partial charge < -0.3 is 10.2 Å². The third-order valence-corrected chi connectivity index (χ3v) is 6.04. The van der Waals surface area contributed by atoms with Crippen LogP contribution in [0.1, 0.15) is 12.0 Å². The van der Waals surface area contributed by atoms with Gasteiger partial charge in [0.1, 0.15) is 0 Å². The molecule has 126 valence electrons. The molecule has 2 bridgehead atoms. The largest absolute Gasteiger partial charge is 0.339 e. The first-order valence-corrected chi connectivity index (χ1v) is 9.33. The molecule has 1 aromatic heterocycles. The molecule has 2 fully saturated rings. The SMILES string of the molecule is Cc1ccc(S(=O)(=O)O[C@]23CN[C@@H](CN2c2cccnc2)C3)cc1. The molecule has 2 atom stereocenters. The summed E-state index contributed by atoms with van der Waals surface area (Å²) in [6, 6.07) is 10.7. The summed E-state index contributed by atoms with van der Waals surface area (Å²) in [4.78, 5) is 6.33. The highest BCUT2D eigenvalue weighted by molar-refractivity contribution is 7.86. The fourth-order valence-electron chi connectivity index (χ4n) is 3.47. The first-order valence-electron chi connectivity index (χ1n) is 7.92. The Labute approximate surface area is 141 Å². The fraction of sp³-hybridized carbons (Fsp3) is 0.353. The highest BCUT2D eigenvalue weighted by Crippen LogP contribution is 2.40. The van der Waals surface area contributed by atoms with Gasteiger partial charge in [-0.25, -0.2) is 4.18 Å². The molecule has 6 nitrogen and oxygen atoms in total. The second-order valence-electron chi connectivity index (χ2n) is 6.40. The summed E-state index contributed by atoms with van der Waals surface area (Å²) in [5.41, 5.74) is 0.991. The van der Waals surface area contributed by atoms with Crippen LogP contribution in [0.2, 0.25) is 0 Å². The Hall–Kier alpha value is -1.96. The standard InChI is InChI=1S/C17H19N3O3S/c1-13-4-6-16(7-5-13)24(21,22)23-17-9-14(19-12-17)11-20(17)15-3-2-8-18-10-15/h2-8,10,14,19H,9,11-12H2,1H3/t14-,17-/m1/s1. The molecule has 2 aliphatic heterocycles. The lowest BCUT2D eigenvalue weighted by Crippen LogP contribution is -2.55. The second-order valence-corrected chi connectivity index (χ2v) is 7.95. The van der Waals surface area contributed by atoms with Gasteiger partial charge in [0.15, 0.2) is 5.72 Å². The van der Waals surface area contributed by atoms with Gasteiger partial charge in [-0.1, -0.05) is 17.7 Å². The Kier molecular flexibility index (Phi) is 3.59.